The summed E-state index contributed by atoms with van der Waals surface area (Å²) < 4.78 is 5.33. The SMILES string of the molecule is CC(COc1ccc(N)cc1)C(N)=O. The van der Waals surface area contributed by atoms with Gasteiger partial charge in [-0.15, -0.1) is 0 Å². The summed E-state index contributed by atoms with van der Waals surface area (Å²) in [6.07, 6.45) is 0. The van der Waals surface area contributed by atoms with Gasteiger partial charge in [-0.2, -0.15) is 0 Å². The van der Waals surface area contributed by atoms with E-state index in [1.807, 2.05) is 0 Å². The van der Waals surface area contributed by atoms with E-state index in [4.69, 9.17) is 16.2 Å². The van der Waals surface area contributed by atoms with Crippen molar-refractivity contribution in [3.05, 3.63) is 24.3 Å². The lowest BCUT2D eigenvalue weighted by atomic mass is 10.2. The van der Waals surface area contributed by atoms with Crippen molar-refractivity contribution in [2.45, 2.75) is 6.92 Å². The van der Waals surface area contributed by atoms with Crippen LogP contribution in [0, 0.1) is 5.92 Å². The summed E-state index contributed by atoms with van der Waals surface area (Å²) in [6, 6.07) is 6.99. The van der Waals surface area contributed by atoms with Gasteiger partial charge in [0.2, 0.25) is 5.91 Å². The van der Waals surface area contributed by atoms with Crippen molar-refractivity contribution in [1.82, 2.24) is 0 Å². The largest absolute Gasteiger partial charge is 0.493 e. The van der Waals surface area contributed by atoms with Crippen LogP contribution in [-0.4, -0.2) is 12.5 Å². The molecule has 4 nitrogen and oxygen atoms in total. The minimum atomic E-state index is -0.361. The van der Waals surface area contributed by atoms with Crippen LogP contribution in [0.5, 0.6) is 5.75 Å². The second kappa shape index (κ2) is 4.50. The van der Waals surface area contributed by atoms with Gasteiger partial charge >= 0.3 is 0 Å². The molecule has 0 saturated heterocycles. The van der Waals surface area contributed by atoms with Crippen LogP contribution in [0.25, 0.3) is 0 Å². The molecule has 1 rings (SSSR count). The number of amides is 1. The molecule has 0 saturated carbocycles. The molecule has 0 aliphatic carbocycles. The molecule has 1 aromatic carbocycles. The Morgan fingerprint density at radius 1 is 1.43 bits per heavy atom. The number of primary amides is 1. The Bertz CT molecular complexity index is 308. The van der Waals surface area contributed by atoms with E-state index in [2.05, 4.69) is 0 Å². The molecule has 76 valence electrons. The number of benzene rings is 1. The van der Waals surface area contributed by atoms with Crippen molar-refractivity contribution < 1.29 is 9.53 Å². The molecule has 1 amide bonds. The number of nitrogens with two attached hydrogens (primary N) is 2. The molecule has 14 heavy (non-hydrogen) atoms. The number of ether oxygens (including phenoxy) is 1. The fourth-order valence-corrected chi connectivity index (χ4v) is 0.867. The molecule has 0 bridgehead atoms. The minimum Gasteiger partial charge on any atom is -0.493 e. The van der Waals surface area contributed by atoms with E-state index in [-0.39, 0.29) is 11.8 Å². The standard InChI is InChI=1S/C10H14N2O2/c1-7(10(12)13)6-14-9-4-2-8(11)3-5-9/h2-5,7H,6,11H2,1H3,(H2,12,13). The van der Waals surface area contributed by atoms with Crippen LogP contribution < -0.4 is 16.2 Å². The van der Waals surface area contributed by atoms with Crippen LogP contribution in [-0.2, 0) is 4.79 Å². The Morgan fingerprint density at radius 3 is 2.50 bits per heavy atom. The molecule has 0 aromatic heterocycles. The van der Waals surface area contributed by atoms with Crippen LogP contribution >= 0.6 is 0 Å². The van der Waals surface area contributed by atoms with Crippen molar-refractivity contribution in [2.75, 3.05) is 12.3 Å². The second-order valence-electron chi connectivity index (χ2n) is 3.18. The van der Waals surface area contributed by atoms with Crippen molar-refractivity contribution in [1.29, 1.82) is 0 Å². The Morgan fingerprint density at radius 2 is 2.00 bits per heavy atom. The summed E-state index contributed by atoms with van der Waals surface area (Å²) in [5.74, 6) is 0.0419. The average molecular weight is 194 g/mol. The Hall–Kier alpha value is -1.71. The zero-order valence-electron chi connectivity index (χ0n) is 8.07. The van der Waals surface area contributed by atoms with Gasteiger partial charge in [0.05, 0.1) is 12.5 Å². The highest BCUT2D eigenvalue weighted by molar-refractivity contribution is 5.76. The quantitative estimate of drug-likeness (QED) is 0.695. The van der Waals surface area contributed by atoms with Gasteiger partial charge in [0.1, 0.15) is 5.75 Å². The summed E-state index contributed by atoms with van der Waals surface area (Å²) in [6.45, 7) is 2.01. The minimum absolute atomic E-state index is 0.285. The summed E-state index contributed by atoms with van der Waals surface area (Å²) in [7, 11) is 0. The fourth-order valence-electron chi connectivity index (χ4n) is 0.867. The first-order chi connectivity index (χ1) is 6.59. The summed E-state index contributed by atoms with van der Waals surface area (Å²) in [5, 5.41) is 0. The predicted octanol–water partition coefficient (Wildman–Crippen LogP) is 0.769. The summed E-state index contributed by atoms with van der Waals surface area (Å²) in [5.41, 5.74) is 11.3. The Labute approximate surface area is 82.8 Å². The van der Waals surface area contributed by atoms with E-state index >= 15 is 0 Å². The first kappa shape index (κ1) is 10.4. The van der Waals surface area contributed by atoms with Gasteiger partial charge in [-0.3, -0.25) is 4.79 Å². The lowest BCUT2D eigenvalue weighted by Gasteiger charge is -2.09. The first-order valence-electron chi connectivity index (χ1n) is 4.37. The average Bonchev–Trinajstić information content (AvgIpc) is 2.16. The lowest BCUT2D eigenvalue weighted by Crippen LogP contribution is -2.25. The maximum atomic E-state index is 10.7. The Balaban J connectivity index is 2.46. The number of carbonyl (C=O) groups excluding carboxylic acids is 1. The first-order valence-corrected chi connectivity index (χ1v) is 4.37. The fraction of sp³-hybridized carbons (Fsp3) is 0.300. The smallest absolute Gasteiger partial charge is 0.223 e. The number of hydrogen-bond acceptors (Lipinski definition) is 3. The van der Waals surface area contributed by atoms with E-state index in [0.29, 0.717) is 18.0 Å². The third-order valence-electron chi connectivity index (χ3n) is 1.87. The van der Waals surface area contributed by atoms with Crippen LogP contribution in [0.3, 0.4) is 0 Å². The van der Waals surface area contributed by atoms with Crippen LogP contribution in [0.2, 0.25) is 0 Å². The highest BCUT2D eigenvalue weighted by atomic mass is 16.5. The zero-order valence-corrected chi connectivity index (χ0v) is 8.07. The molecule has 0 fully saturated rings. The zero-order chi connectivity index (χ0) is 10.6. The van der Waals surface area contributed by atoms with E-state index in [1.165, 1.54) is 0 Å². The summed E-state index contributed by atoms with van der Waals surface area (Å²) in [4.78, 5) is 10.7. The van der Waals surface area contributed by atoms with E-state index < -0.39 is 0 Å². The van der Waals surface area contributed by atoms with Gasteiger partial charge in [-0.1, -0.05) is 6.92 Å². The van der Waals surface area contributed by atoms with Gasteiger partial charge in [0.15, 0.2) is 0 Å². The van der Waals surface area contributed by atoms with Gasteiger partial charge < -0.3 is 16.2 Å². The molecule has 1 aromatic rings. The number of hydrogen-bond donors (Lipinski definition) is 2. The predicted molar refractivity (Wildman–Crippen MR) is 54.7 cm³/mol. The third-order valence-corrected chi connectivity index (χ3v) is 1.87. The lowest BCUT2D eigenvalue weighted by molar-refractivity contribution is -0.122. The molecule has 0 spiro atoms. The van der Waals surface area contributed by atoms with Crippen molar-refractivity contribution in [3.63, 3.8) is 0 Å². The second-order valence-corrected chi connectivity index (χ2v) is 3.18. The molecule has 0 radical (unpaired) electrons. The van der Waals surface area contributed by atoms with Gasteiger partial charge in [-0.25, -0.2) is 0 Å². The number of carbonyl (C=O) groups is 1. The molecular weight excluding hydrogens is 180 g/mol. The van der Waals surface area contributed by atoms with Crippen LogP contribution in [0.1, 0.15) is 6.92 Å². The molecule has 0 heterocycles. The van der Waals surface area contributed by atoms with E-state index in [1.54, 1.807) is 31.2 Å². The van der Waals surface area contributed by atoms with Gasteiger partial charge in [0, 0.05) is 5.69 Å². The van der Waals surface area contributed by atoms with Gasteiger partial charge in [0.25, 0.3) is 0 Å². The molecule has 4 heteroatoms. The molecular formula is C10H14N2O2. The van der Waals surface area contributed by atoms with Crippen molar-refractivity contribution in [3.8, 4) is 5.75 Å². The highest BCUT2D eigenvalue weighted by Gasteiger charge is 2.08. The van der Waals surface area contributed by atoms with Crippen LogP contribution in [0.4, 0.5) is 5.69 Å². The topological polar surface area (TPSA) is 78.3 Å². The van der Waals surface area contributed by atoms with Crippen molar-refractivity contribution >= 4 is 11.6 Å². The molecule has 0 aliphatic rings. The number of anilines is 1. The maximum absolute atomic E-state index is 10.7. The molecule has 1 unspecified atom stereocenters. The molecule has 4 N–H and O–H groups in total. The third kappa shape index (κ3) is 2.97. The molecule has 1 atom stereocenters. The van der Waals surface area contributed by atoms with E-state index in [9.17, 15) is 4.79 Å². The normalized spacial score (nSPS) is 12.1. The maximum Gasteiger partial charge on any atom is 0.223 e. The molecule has 0 aliphatic heterocycles. The van der Waals surface area contributed by atoms with E-state index in [0.717, 1.165) is 0 Å². The monoisotopic (exact) mass is 194 g/mol. The van der Waals surface area contributed by atoms with Crippen molar-refractivity contribution in [2.24, 2.45) is 11.7 Å². The van der Waals surface area contributed by atoms with Crippen LogP contribution in [0.15, 0.2) is 24.3 Å². The highest BCUT2D eigenvalue weighted by Crippen LogP contribution is 2.13. The number of rotatable bonds is 4. The Kier molecular flexibility index (Phi) is 3.34. The van der Waals surface area contributed by atoms with Gasteiger partial charge in [-0.05, 0) is 24.3 Å². The number of nitrogen functional groups attached to an aromatic ring is 1. The summed E-state index contributed by atoms with van der Waals surface area (Å²) >= 11 is 0.